The first-order valence-electron chi connectivity index (χ1n) is 8.89. The van der Waals surface area contributed by atoms with Crippen molar-refractivity contribution in [3.8, 4) is 5.75 Å². The van der Waals surface area contributed by atoms with Crippen molar-refractivity contribution in [2.45, 2.75) is 57.1 Å². The molecule has 2 aromatic rings. The number of carbonyl (C=O) groups excluding carboxylic acids is 1. The predicted molar refractivity (Wildman–Crippen MR) is 91.5 cm³/mol. The second-order valence-electron chi connectivity index (χ2n) is 6.72. The summed E-state index contributed by atoms with van der Waals surface area (Å²) in [6, 6.07) is 7.41. The van der Waals surface area contributed by atoms with E-state index in [4.69, 9.17) is 9.26 Å². The van der Waals surface area contributed by atoms with Crippen molar-refractivity contribution in [2.75, 3.05) is 5.32 Å². The first kappa shape index (κ1) is 15.9. The predicted octanol–water partition coefficient (Wildman–Crippen LogP) is 3.59. The van der Waals surface area contributed by atoms with Crippen molar-refractivity contribution in [1.29, 1.82) is 0 Å². The van der Waals surface area contributed by atoms with Crippen LogP contribution in [-0.2, 0) is 6.61 Å². The third-order valence-corrected chi connectivity index (χ3v) is 4.58. The number of carbonyl (C=O) groups is 1. The van der Waals surface area contributed by atoms with Crippen LogP contribution in [0.5, 0.6) is 5.75 Å². The zero-order valence-corrected chi connectivity index (χ0v) is 14.0. The molecular formula is C18H22N4O3. The Balaban J connectivity index is 1.25. The summed E-state index contributed by atoms with van der Waals surface area (Å²) in [6.07, 6.45) is 6.78. The number of hydrogen-bond donors (Lipinski definition) is 2. The molecule has 2 amide bonds. The molecule has 2 N–H and O–H groups in total. The maximum absolute atomic E-state index is 11.9. The Labute approximate surface area is 146 Å². The van der Waals surface area contributed by atoms with Crippen LogP contribution in [0.25, 0.3) is 0 Å². The molecule has 2 aliphatic carbocycles. The highest BCUT2D eigenvalue weighted by Crippen LogP contribution is 2.38. The molecule has 0 unspecified atom stereocenters. The topological polar surface area (TPSA) is 89.3 Å². The highest BCUT2D eigenvalue weighted by atomic mass is 16.5. The molecule has 1 aromatic heterocycles. The number of aromatic nitrogens is 2. The van der Waals surface area contributed by atoms with Gasteiger partial charge in [0, 0.05) is 17.6 Å². The highest BCUT2D eigenvalue weighted by Gasteiger charge is 2.29. The number of rotatable bonds is 6. The van der Waals surface area contributed by atoms with Gasteiger partial charge < -0.3 is 19.9 Å². The van der Waals surface area contributed by atoms with Crippen LogP contribution in [0.3, 0.4) is 0 Å². The van der Waals surface area contributed by atoms with Crippen molar-refractivity contribution < 1.29 is 14.1 Å². The van der Waals surface area contributed by atoms with E-state index in [-0.39, 0.29) is 12.6 Å². The van der Waals surface area contributed by atoms with Gasteiger partial charge in [-0.15, -0.1) is 0 Å². The van der Waals surface area contributed by atoms with Crippen LogP contribution in [0.2, 0.25) is 0 Å². The molecule has 0 saturated heterocycles. The molecule has 0 spiro atoms. The molecule has 2 fully saturated rings. The van der Waals surface area contributed by atoms with Crippen LogP contribution in [0.1, 0.15) is 56.2 Å². The van der Waals surface area contributed by atoms with Crippen LogP contribution < -0.4 is 15.4 Å². The average molecular weight is 342 g/mol. The molecular weight excluding hydrogens is 320 g/mol. The fourth-order valence-electron chi connectivity index (χ4n) is 3.03. The van der Waals surface area contributed by atoms with E-state index in [0.29, 0.717) is 29.4 Å². The summed E-state index contributed by atoms with van der Waals surface area (Å²) in [4.78, 5) is 16.3. The molecule has 132 valence electrons. The largest absolute Gasteiger partial charge is 0.485 e. The number of amides is 2. The van der Waals surface area contributed by atoms with E-state index in [9.17, 15) is 4.79 Å². The van der Waals surface area contributed by atoms with E-state index >= 15 is 0 Å². The SMILES string of the molecule is O=C(Nc1ccc(OCc2noc(C3CC3)n2)cc1)NC1CCCC1. The zero-order chi connectivity index (χ0) is 17.1. The Bertz CT molecular complexity index is 718. The van der Waals surface area contributed by atoms with Crippen molar-refractivity contribution in [3.63, 3.8) is 0 Å². The number of benzene rings is 1. The lowest BCUT2D eigenvalue weighted by atomic mass is 10.2. The summed E-state index contributed by atoms with van der Waals surface area (Å²) < 4.78 is 10.9. The average Bonchev–Trinajstić information content (AvgIpc) is 3.14. The van der Waals surface area contributed by atoms with E-state index in [1.165, 1.54) is 12.8 Å². The van der Waals surface area contributed by atoms with Gasteiger partial charge in [0.2, 0.25) is 11.7 Å². The minimum Gasteiger partial charge on any atom is -0.485 e. The van der Waals surface area contributed by atoms with E-state index < -0.39 is 0 Å². The molecule has 7 nitrogen and oxygen atoms in total. The number of nitrogens with one attached hydrogen (secondary N) is 2. The smallest absolute Gasteiger partial charge is 0.319 e. The zero-order valence-electron chi connectivity index (χ0n) is 14.0. The first-order valence-corrected chi connectivity index (χ1v) is 8.89. The van der Waals surface area contributed by atoms with Gasteiger partial charge in [0.1, 0.15) is 5.75 Å². The van der Waals surface area contributed by atoms with Gasteiger partial charge in [0.15, 0.2) is 6.61 Å². The molecule has 4 rings (SSSR count). The summed E-state index contributed by atoms with van der Waals surface area (Å²) in [5, 5.41) is 9.77. The van der Waals surface area contributed by atoms with Crippen molar-refractivity contribution in [3.05, 3.63) is 36.0 Å². The highest BCUT2D eigenvalue weighted by molar-refractivity contribution is 5.89. The molecule has 0 radical (unpaired) electrons. The van der Waals surface area contributed by atoms with Gasteiger partial charge >= 0.3 is 6.03 Å². The molecule has 0 aliphatic heterocycles. The molecule has 1 aromatic carbocycles. The van der Waals surface area contributed by atoms with E-state index in [2.05, 4.69) is 20.8 Å². The van der Waals surface area contributed by atoms with Gasteiger partial charge in [-0.3, -0.25) is 0 Å². The second-order valence-corrected chi connectivity index (χ2v) is 6.72. The Morgan fingerprint density at radius 3 is 2.64 bits per heavy atom. The molecule has 0 atom stereocenters. The number of nitrogens with zero attached hydrogens (tertiary/aromatic N) is 2. The number of urea groups is 1. The Hall–Kier alpha value is -2.57. The first-order chi connectivity index (χ1) is 12.3. The summed E-state index contributed by atoms with van der Waals surface area (Å²) in [5.74, 6) is 2.41. The van der Waals surface area contributed by atoms with Crippen LogP contribution in [-0.4, -0.2) is 22.2 Å². The second kappa shape index (κ2) is 7.13. The molecule has 25 heavy (non-hydrogen) atoms. The minimum absolute atomic E-state index is 0.153. The van der Waals surface area contributed by atoms with Crippen LogP contribution >= 0.6 is 0 Å². The van der Waals surface area contributed by atoms with Gasteiger partial charge in [-0.2, -0.15) is 4.98 Å². The maximum atomic E-state index is 11.9. The standard InChI is InChI=1S/C18H22N4O3/c23-18(19-13-3-1-2-4-13)20-14-7-9-15(10-8-14)24-11-16-21-17(25-22-16)12-5-6-12/h7-10,12-13H,1-6,11H2,(H2,19,20,23). The van der Waals surface area contributed by atoms with Crippen LogP contribution in [0.15, 0.2) is 28.8 Å². The lowest BCUT2D eigenvalue weighted by molar-refractivity contribution is 0.248. The van der Waals surface area contributed by atoms with Crippen molar-refractivity contribution in [2.24, 2.45) is 0 Å². The normalized spacial score (nSPS) is 17.4. The van der Waals surface area contributed by atoms with Gasteiger partial charge in [-0.1, -0.05) is 18.0 Å². The lowest BCUT2D eigenvalue weighted by Gasteiger charge is -2.13. The van der Waals surface area contributed by atoms with E-state index in [0.717, 1.165) is 31.4 Å². The molecule has 2 aliphatic rings. The monoisotopic (exact) mass is 342 g/mol. The minimum atomic E-state index is -0.153. The summed E-state index contributed by atoms with van der Waals surface area (Å²) in [5.41, 5.74) is 0.735. The quantitative estimate of drug-likeness (QED) is 0.837. The maximum Gasteiger partial charge on any atom is 0.319 e. The molecule has 7 heteroatoms. The van der Waals surface area contributed by atoms with Crippen molar-refractivity contribution in [1.82, 2.24) is 15.5 Å². The molecule has 1 heterocycles. The summed E-state index contributed by atoms with van der Waals surface area (Å²) in [6.45, 7) is 0.269. The Morgan fingerprint density at radius 2 is 1.92 bits per heavy atom. The van der Waals surface area contributed by atoms with Gasteiger partial charge in [0.05, 0.1) is 0 Å². The third-order valence-electron chi connectivity index (χ3n) is 4.58. The van der Waals surface area contributed by atoms with Gasteiger partial charge in [0.25, 0.3) is 0 Å². The third kappa shape index (κ3) is 4.29. The number of anilines is 1. The van der Waals surface area contributed by atoms with E-state index in [1.807, 2.05) is 24.3 Å². The number of ether oxygens (including phenoxy) is 1. The van der Waals surface area contributed by atoms with Crippen LogP contribution in [0.4, 0.5) is 10.5 Å². The molecule has 2 saturated carbocycles. The fraction of sp³-hybridized carbons (Fsp3) is 0.500. The Kier molecular flexibility index (Phi) is 4.54. The molecule has 0 bridgehead atoms. The van der Waals surface area contributed by atoms with Crippen molar-refractivity contribution >= 4 is 11.7 Å². The fourth-order valence-corrected chi connectivity index (χ4v) is 3.03. The van der Waals surface area contributed by atoms with Gasteiger partial charge in [-0.05, 0) is 49.9 Å². The van der Waals surface area contributed by atoms with E-state index in [1.54, 1.807) is 0 Å². The summed E-state index contributed by atoms with van der Waals surface area (Å²) >= 11 is 0. The Morgan fingerprint density at radius 1 is 1.16 bits per heavy atom. The van der Waals surface area contributed by atoms with Crippen LogP contribution in [0, 0.1) is 0 Å². The summed E-state index contributed by atoms with van der Waals surface area (Å²) in [7, 11) is 0. The lowest BCUT2D eigenvalue weighted by Crippen LogP contribution is -2.36. The van der Waals surface area contributed by atoms with Gasteiger partial charge in [-0.25, -0.2) is 4.79 Å². The number of hydrogen-bond acceptors (Lipinski definition) is 5.